The summed E-state index contributed by atoms with van der Waals surface area (Å²) in [5.74, 6) is -2.23. The van der Waals surface area contributed by atoms with Gasteiger partial charge in [0.2, 0.25) is 5.95 Å². The van der Waals surface area contributed by atoms with Crippen molar-refractivity contribution in [2.24, 2.45) is 0 Å². The second kappa shape index (κ2) is 13.1. The van der Waals surface area contributed by atoms with Crippen LogP contribution in [0.5, 0.6) is 0 Å². The molecule has 11 nitrogen and oxygen atoms in total. The molecule has 2 saturated heterocycles. The molecule has 2 aromatic carbocycles. The van der Waals surface area contributed by atoms with Gasteiger partial charge in [0.25, 0.3) is 11.8 Å². The largest absolute Gasteiger partial charge is 0.382 e. The van der Waals surface area contributed by atoms with E-state index in [1.54, 1.807) is 12.1 Å². The minimum atomic E-state index is -3.01. The first-order valence-electron chi connectivity index (χ1n) is 15.7. The Balaban J connectivity index is 1.20. The number of likely N-dealkylation sites (tertiary alicyclic amines) is 1. The molecule has 0 unspecified atom stereocenters. The number of piperazine rings is 1. The van der Waals surface area contributed by atoms with Crippen LogP contribution in [0.2, 0.25) is 0 Å². The summed E-state index contributed by atoms with van der Waals surface area (Å²) in [6.07, 6.45) is 3.44. The van der Waals surface area contributed by atoms with Gasteiger partial charge in [-0.2, -0.15) is 4.98 Å². The third-order valence-electron chi connectivity index (χ3n) is 9.04. The molecule has 2 aromatic heterocycles. The normalized spacial score (nSPS) is 16.9. The Kier molecular flexibility index (Phi) is 8.96. The number of nitrogens with zero attached hydrogens (tertiary/aromatic N) is 7. The highest BCUT2D eigenvalue weighted by Crippen LogP contribution is 2.33. The number of aryl methyl sites for hydroxylation is 1. The molecule has 0 radical (unpaired) electrons. The lowest BCUT2D eigenvalue weighted by molar-refractivity contribution is -0.00831. The molecule has 2 fully saturated rings. The molecule has 0 saturated carbocycles. The van der Waals surface area contributed by atoms with E-state index in [1.807, 2.05) is 13.0 Å². The van der Waals surface area contributed by atoms with Crippen molar-refractivity contribution >= 4 is 45.9 Å². The number of hydrogen-bond donors (Lipinski definition) is 3. The van der Waals surface area contributed by atoms with Crippen molar-refractivity contribution in [1.29, 1.82) is 0 Å². The van der Waals surface area contributed by atoms with Gasteiger partial charge in [-0.15, -0.1) is 0 Å². The lowest BCUT2D eigenvalue weighted by atomic mass is 10.0. The van der Waals surface area contributed by atoms with Crippen LogP contribution in [0.4, 0.5) is 37.7 Å². The van der Waals surface area contributed by atoms with E-state index in [0.29, 0.717) is 40.2 Å². The van der Waals surface area contributed by atoms with Gasteiger partial charge in [-0.1, -0.05) is 25.1 Å². The summed E-state index contributed by atoms with van der Waals surface area (Å²) in [7, 11) is 2.18. The van der Waals surface area contributed by atoms with Gasteiger partial charge in [0.1, 0.15) is 17.4 Å². The van der Waals surface area contributed by atoms with Gasteiger partial charge in [-0.25, -0.2) is 23.7 Å². The molecule has 4 heterocycles. The highest BCUT2D eigenvalue weighted by molar-refractivity contribution is 6.04. The maximum Gasteiger partial charge on any atom is 0.273 e. The minimum absolute atomic E-state index is 0.148. The zero-order chi connectivity index (χ0) is 32.4. The van der Waals surface area contributed by atoms with E-state index in [1.165, 1.54) is 50.4 Å². The summed E-state index contributed by atoms with van der Waals surface area (Å²) in [5, 5.41) is 6.16. The number of carbonyl (C=O) groups excluding carboxylic acids is 1. The highest BCUT2D eigenvalue weighted by atomic mass is 19.3. The zero-order valence-corrected chi connectivity index (χ0v) is 26.4. The fourth-order valence-corrected chi connectivity index (χ4v) is 6.10. The number of fused-ring (bicyclic) bond motifs is 1. The number of hydrogen-bond acceptors (Lipinski definition) is 10. The van der Waals surface area contributed by atoms with E-state index >= 15 is 0 Å². The second-order valence-electron chi connectivity index (χ2n) is 12.1. The Labute approximate surface area is 267 Å². The van der Waals surface area contributed by atoms with E-state index in [4.69, 9.17) is 10.7 Å². The number of nitrogen functional groups attached to an aromatic ring is 1. The molecule has 2 aliphatic rings. The number of anilines is 5. The first kappa shape index (κ1) is 31.5. The molecule has 242 valence electrons. The highest BCUT2D eigenvalue weighted by Gasteiger charge is 2.30. The van der Waals surface area contributed by atoms with Crippen molar-refractivity contribution in [3.8, 4) is 0 Å². The van der Waals surface area contributed by atoms with Crippen LogP contribution in [0.1, 0.15) is 47.7 Å². The van der Waals surface area contributed by atoms with Crippen LogP contribution in [-0.4, -0.2) is 88.0 Å². The molecule has 0 aliphatic carbocycles. The van der Waals surface area contributed by atoms with Crippen molar-refractivity contribution < 1.29 is 13.6 Å². The molecule has 2 aliphatic heterocycles. The number of aromatic nitrogens is 4. The average molecular weight is 631 g/mol. The number of piperidine rings is 1. The van der Waals surface area contributed by atoms with Crippen molar-refractivity contribution in [1.82, 2.24) is 29.7 Å². The minimum Gasteiger partial charge on any atom is -0.382 e. The lowest BCUT2D eigenvalue weighted by Gasteiger charge is -2.42. The number of nitrogens with two attached hydrogens (primary N) is 1. The molecule has 4 aromatic rings. The number of rotatable bonds is 8. The summed E-state index contributed by atoms with van der Waals surface area (Å²) in [6.45, 7) is 9.08. The zero-order valence-electron chi connectivity index (χ0n) is 26.4. The first-order chi connectivity index (χ1) is 22.1. The number of carbonyl (C=O) groups is 1. The number of halogens is 2. The Morgan fingerprint density at radius 2 is 1.76 bits per heavy atom. The van der Waals surface area contributed by atoms with E-state index in [9.17, 15) is 13.6 Å². The van der Waals surface area contributed by atoms with Crippen molar-refractivity contribution in [3.63, 3.8) is 0 Å². The van der Waals surface area contributed by atoms with Crippen molar-refractivity contribution in [2.45, 2.75) is 45.1 Å². The van der Waals surface area contributed by atoms with Crippen LogP contribution >= 0.6 is 0 Å². The molecular formula is C33H40F2N10O. The molecule has 0 atom stereocenters. The SMILES string of the molecule is CCC(F)(F)c1cccc(C(=O)Nc2ccc(C)c(Nc3ncnc4c(N)nc(N5CCN(C6CCN(C)CC6)CC5)nc34)c2)c1. The number of amides is 1. The Hall–Kier alpha value is -4.49. The van der Waals surface area contributed by atoms with Gasteiger partial charge in [0.15, 0.2) is 11.6 Å². The smallest absolute Gasteiger partial charge is 0.273 e. The topological polar surface area (TPSA) is 128 Å². The molecule has 46 heavy (non-hydrogen) atoms. The summed E-state index contributed by atoms with van der Waals surface area (Å²) >= 11 is 0. The van der Waals surface area contributed by atoms with Gasteiger partial charge in [-0.3, -0.25) is 9.69 Å². The third kappa shape index (κ3) is 6.70. The van der Waals surface area contributed by atoms with E-state index in [-0.39, 0.29) is 23.4 Å². The summed E-state index contributed by atoms with van der Waals surface area (Å²) in [6, 6.07) is 11.5. The number of alkyl halides is 2. The van der Waals surface area contributed by atoms with Gasteiger partial charge in [0.05, 0.1) is 0 Å². The number of benzene rings is 2. The van der Waals surface area contributed by atoms with Crippen LogP contribution in [0.15, 0.2) is 48.8 Å². The monoisotopic (exact) mass is 630 g/mol. The van der Waals surface area contributed by atoms with Crippen molar-refractivity contribution in [2.75, 3.05) is 67.6 Å². The average Bonchev–Trinajstić information content (AvgIpc) is 3.07. The van der Waals surface area contributed by atoms with Crippen LogP contribution in [0.3, 0.4) is 0 Å². The summed E-state index contributed by atoms with van der Waals surface area (Å²) in [4.78, 5) is 38.4. The van der Waals surface area contributed by atoms with Crippen LogP contribution in [0, 0.1) is 6.92 Å². The fraction of sp³-hybridized carbons (Fsp3) is 0.424. The van der Waals surface area contributed by atoms with Crippen LogP contribution in [-0.2, 0) is 5.92 Å². The summed E-state index contributed by atoms with van der Waals surface area (Å²) in [5.41, 5.74) is 9.33. The maximum atomic E-state index is 14.2. The number of nitrogens with one attached hydrogen (secondary N) is 2. The van der Waals surface area contributed by atoms with Gasteiger partial charge in [0, 0.05) is 61.1 Å². The van der Waals surface area contributed by atoms with E-state index < -0.39 is 11.8 Å². The van der Waals surface area contributed by atoms with Gasteiger partial charge < -0.3 is 26.2 Å². The standard InChI is InChI=1S/C33H40F2N10O/c1-4-33(34,35)23-7-5-6-22(18-23)31(46)39-24-9-8-21(2)26(19-24)40-30-28-27(37-20-38-30)29(36)42-32(41-28)45-16-14-44(15-17-45)25-10-12-43(3)13-11-25/h5-9,18-20,25H,4,10-17H2,1-3H3,(H,39,46)(H2,36,41,42)(H,37,38,40). The molecule has 0 bridgehead atoms. The summed E-state index contributed by atoms with van der Waals surface area (Å²) < 4.78 is 28.5. The van der Waals surface area contributed by atoms with Crippen molar-refractivity contribution in [3.05, 3.63) is 65.5 Å². The van der Waals surface area contributed by atoms with Gasteiger partial charge >= 0.3 is 0 Å². The van der Waals surface area contributed by atoms with E-state index in [0.717, 1.165) is 44.8 Å². The third-order valence-corrected chi connectivity index (χ3v) is 9.04. The molecule has 0 spiro atoms. The predicted molar refractivity (Wildman–Crippen MR) is 177 cm³/mol. The lowest BCUT2D eigenvalue weighted by Crippen LogP contribution is -2.53. The van der Waals surface area contributed by atoms with E-state index in [2.05, 4.69) is 47.3 Å². The van der Waals surface area contributed by atoms with Crippen LogP contribution < -0.4 is 21.3 Å². The Morgan fingerprint density at radius 1 is 1.00 bits per heavy atom. The Bertz CT molecular complexity index is 1720. The van der Waals surface area contributed by atoms with Crippen LogP contribution in [0.25, 0.3) is 11.0 Å². The quantitative estimate of drug-likeness (QED) is 0.244. The van der Waals surface area contributed by atoms with Gasteiger partial charge in [-0.05, 0) is 69.7 Å². The fourth-order valence-electron chi connectivity index (χ4n) is 6.10. The first-order valence-corrected chi connectivity index (χ1v) is 15.7. The molecule has 13 heteroatoms. The molecule has 6 rings (SSSR count). The second-order valence-corrected chi connectivity index (χ2v) is 12.1. The Morgan fingerprint density at radius 3 is 2.50 bits per heavy atom. The molecular weight excluding hydrogens is 590 g/mol. The maximum absolute atomic E-state index is 14.2. The predicted octanol–water partition coefficient (Wildman–Crippen LogP) is 5.02. The molecule has 1 amide bonds. The molecule has 4 N–H and O–H groups in total.